The first-order chi connectivity index (χ1) is 9.06. The van der Waals surface area contributed by atoms with Crippen molar-refractivity contribution in [3.05, 3.63) is 65.0 Å². The molecule has 2 nitrogen and oxygen atoms in total. The molecule has 0 bridgehead atoms. The van der Waals surface area contributed by atoms with Gasteiger partial charge in [-0.15, -0.1) is 0 Å². The Morgan fingerprint density at radius 1 is 1.16 bits per heavy atom. The van der Waals surface area contributed by atoms with Gasteiger partial charge in [0, 0.05) is 11.3 Å². The van der Waals surface area contributed by atoms with E-state index in [2.05, 4.69) is 5.32 Å². The van der Waals surface area contributed by atoms with E-state index in [4.69, 9.17) is 0 Å². The van der Waals surface area contributed by atoms with Crippen LogP contribution in [0.1, 0.15) is 21.5 Å². The fourth-order valence-corrected chi connectivity index (χ4v) is 1.86. The Hall–Kier alpha value is -2.16. The maximum absolute atomic E-state index is 13.1. The minimum atomic E-state index is -0.289. The first-order valence-electron chi connectivity index (χ1n) is 6.16. The predicted molar refractivity (Wildman–Crippen MR) is 75.1 cm³/mol. The molecule has 0 heterocycles. The van der Waals surface area contributed by atoms with Gasteiger partial charge < -0.3 is 5.32 Å². The van der Waals surface area contributed by atoms with E-state index < -0.39 is 0 Å². The van der Waals surface area contributed by atoms with Crippen molar-refractivity contribution in [2.45, 2.75) is 13.8 Å². The summed E-state index contributed by atoms with van der Waals surface area (Å²) in [6.45, 7) is 3.85. The van der Waals surface area contributed by atoms with E-state index in [9.17, 15) is 9.18 Å². The number of carbonyl (C=O) groups excluding carboxylic acids is 1. The minimum Gasteiger partial charge on any atom is -0.378 e. The number of rotatable bonds is 4. The summed E-state index contributed by atoms with van der Waals surface area (Å²) in [6, 6.07) is 12.2. The first-order valence-corrected chi connectivity index (χ1v) is 6.16. The highest BCUT2D eigenvalue weighted by atomic mass is 19.1. The second kappa shape index (κ2) is 5.65. The number of halogens is 1. The summed E-state index contributed by atoms with van der Waals surface area (Å²) >= 11 is 0. The molecule has 0 aliphatic heterocycles. The quantitative estimate of drug-likeness (QED) is 0.845. The van der Waals surface area contributed by atoms with Crippen molar-refractivity contribution in [3.8, 4) is 0 Å². The van der Waals surface area contributed by atoms with Crippen molar-refractivity contribution in [1.29, 1.82) is 0 Å². The van der Waals surface area contributed by atoms with Crippen LogP contribution in [0.2, 0.25) is 0 Å². The van der Waals surface area contributed by atoms with Crippen molar-refractivity contribution >= 4 is 11.5 Å². The van der Waals surface area contributed by atoms with E-state index in [0.29, 0.717) is 11.1 Å². The molecule has 0 fully saturated rings. The molecule has 0 unspecified atom stereocenters. The van der Waals surface area contributed by atoms with Crippen molar-refractivity contribution in [3.63, 3.8) is 0 Å². The summed E-state index contributed by atoms with van der Waals surface area (Å²) in [5.41, 5.74) is 3.06. The third kappa shape index (κ3) is 3.41. The number of ketones is 1. The van der Waals surface area contributed by atoms with E-state index in [1.807, 2.05) is 31.2 Å². The fourth-order valence-electron chi connectivity index (χ4n) is 1.86. The molecule has 1 N–H and O–H groups in total. The summed E-state index contributed by atoms with van der Waals surface area (Å²) in [6.07, 6.45) is 0. The summed E-state index contributed by atoms with van der Waals surface area (Å²) in [5, 5.41) is 3.07. The molecule has 3 heteroatoms. The van der Waals surface area contributed by atoms with Crippen LogP contribution in [-0.2, 0) is 0 Å². The smallest absolute Gasteiger partial charge is 0.181 e. The minimum absolute atomic E-state index is 0.0513. The Morgan fingerprint density at radius 3 is 2.63 bits per heavy atom. The van der Waals surface area contributed by atoms with E-state index in [1.165, 1.54) is 12.1 Å². The summed E-state index contributed by atoms with van der Waals surface area (Å²) in [5.74, 6) is -0.340. The second-order valence-electron chi connectivity index (χ2n) is 4.61. The van der Waals surface area contributed by atoms with Gasteiger partial charge in [-0.2, -0.15) is 0 Å². The Morgan fingerprint density at radius 2 is 1.95 bits per heavy atom. The molecule has 2 aromatic carbocycles. The zero-order valence-corrected chi connectivity index (χ0v) is 11.0. The van der Waals surface area contributed by atoms with E-state index in [0.717, 1.165) is 11.3 Å². The molecule has 2 aromatic rings. The second-order valence-corrected chi connectivity index (χ2v) is 4.61. The Balaban J connectivity index is 2.03. The van der Waals surface area contributed by atoms with Gasteiger partial charge in [0.15, 0.2) is 5.78 Å². The highest BCUT2D eigenvalue weighted by Gasteiger charge is 2.07. The molecule has 0 aliphatic rings. The maximum Gasteiger partial charge on any atom is 0.181 e. The van der Waals surface area contributed by atoms with Crippen LogP contribution in [0.25, 0.3) is 0 Å². The van der Waals surface area contributed by atoms with Crippen molar-refractivity contribution in [1.82, 2.24) is 0 Å². The zero-order valence-electron chi connectivity index (χ0n) is 11.0. The molecule has 0 spiro atoms. The molecule has 98 valence electrons. The van der Waals surface area contributed by atoms with Gasteiger partial charge in [-0.3, -0.25) is 4.79 Å². The van der Waals surface area contributed by atoms with Crippen LogP contribution in [0.4, 0.5) is 10.1 Å². The number of hydrogen-bond donors (Lipinski definition) is 1. The lowest BCUT2D eigenvalue weighted by Crippen LogP contribution is -2.14. The summed E-state index contributed by atoms with van der Waals surface area (Å²) in [7, 11) is 0. The zero-order chi connectivity index (χ0) is 13.8. The molecular formula is C16H16FNO. The molecule has 0 aromatic heterocycles. The third-order valence-corrected chi connectivity index (χ3v) is 2.95. The molecule has 0 atom stereocenters. The van der Waals surface area contributed by atoms with Crippen LogP contribution >= 0.6 is 0 Å². The van der Waals surface area contributed by atoms with E-state index in [1.54, 1.807) is 13.0 Å². The molecule has 0 saturated carbocycles. The average molecular weight is 257 g/mol. The van der Waals surface area contributed by atoms with Crippen LogP contribution in [0, 0.1) is 19.7 Å². The number of nitrogens with one attached hydrogen (secondary N) is 1. The monoisotopic (exact) mass is 257 g/mol. The van der Waals surface area contributed by atoms with Crippen LogP contribution in [0.15, 0.2) is 42.5 Å². The van der Waals surface area contributed by atoms with Crippen molar-refractivity contribution < 1.29 is 9.18 Å². The SMILES string of the molecule is Cc1cccc(NCC(=O)c2ccc(F)c(C)c2)c1. The van der Waals surface area contributed by atoms with Gasteiger partial charge in [0.25, 0.3) is 0 Å². The van der Waals surface area contributed by atoms with Crippen LogP contribution in [-0.4, -0.2) is 12.3 Å². The number of benzene rings is 2. The largest absolute Gasteiger partial charge is 0.378 e. The summed E-state index contributed by atoms with van der Waals surface area (Å²) < 4.78 is 13.1. The normalized spacial score (nSPS) is 10.3. The van der Waals surface area contributed by atoms with Crippen LogP contribution < -0.4 is 5.32 Å². The van der Waals surface area contributed by atoms with Crippen molar-refractivity contribution in [2.75, 3.05) is 11.9 Å². The van der Waals surface area contributed by atoms with Gasteiger partial charge in [-0.25, -0.2) is 4.39 Å². The first kappa shape index (κ1) is 13.3. The van der Waals surface area contributed by atoms with Gasteiger partial charge in [-0.05, 0) is 55.3 Å². The summed E-state index contributed by atoms with van der Waals surface area (Å²) in [4.78, 5) is 12.0. The van der Waals surface area contributed by atoms with Crippen LogP contribution in [0.5, 0.6) is 0 Å². The third-order valence-electron chi connectivity index (χ3n) is 2.95. The molecule has 19 heavy (non-hydrogen) atoms. The fraction of sp³-hybridized carbons (Fsp3) is 0.188. The Bertz CT molecular complexity index is 607. The van der Waals surface area contributed by atoms with E-state index in [-0.39, 0.29) is 18.1 Å². The Kier molecular flexibility index (Phi) is 3.95. The van der Waals surface area contributed by atoms with Gasteiger partial charge in [0.05, 0.1) is 6.54 Å². The lowest BCUT2D eigenvalue weighted by molar-refractivity contribution is 0.101. The molecule has 0 amide bonds. The highest BCUT2D eigenvalue weighted by molar-refractivity contribution is 5.99. The van der Waals surface area contributed by atoms with Gasteiger partial charge in [-0.1, -0.05) is 12.1 Å². The van der Waals surface area contributed by atoms with Crippen LogP contribution in [0.3, 0.4) is 0 Å². The standard InChI is InChI=1S/C16H16FNO/c1-11-4-3-5-14(8-11)18-10-16(19)13-6-7-15(17)12(2)9-13/h3-9,18H,10H2,1-2H3. The number of carbonyl (C=O) groups is 1. The van der Waals surface area contributed by atoms with Gasteiger partial charge in [0.2, 0.25) is 0 Å². The highest BCUT2D eigenvalue weighted by Crippen LogP contribution is 2.12. The maximum atomic E-state index is 13.1. The molecule has 0 saturated heterocycles. The molecule has 0 radical (unpaired) electrons. The van der Waals surface area contributed by atoms with Crippen molar-refractivity contribution in [2.24, 2.45) is 0 Å². The molecular weight excluding hydrogens is 241 g/mol. The molecule has 2 rings (SSSR count). The number of Topliss-reactive ketones (excluding diaryl/α,β-unsaturated/α-hetero) is 1. The van der Waals surface area contributed by atoms with E-state index >= 15 is 0 Å². The Labute approximate surface area is 112 Å². The van der Waals surface area contributed by atoms with Gasteiger partial charge >= 0.3 is 0 Å². The lowest BCUT2D eigenvalue weighted by Gasteiger charge is -2.07. The number of aryl methyl sites for hydroxylation is 2. The topological polar surface area (TPSA) is 29.1 Å². The number of anilines is 1. The lowest BCUT2D eigenvalue weighted by atomic mass is 10.1. The average Bonchev–Trinajstić information content (AvgIpc) is 2.39. The number of hydrogen-bond acceptors (Lipinski definition) is 2. The molecule has 0 aliphatic carbocycles. The predicted octanol–water partition coefficient (Wildman–Crippen LogP) is 3.74. The van der Waals surface area contributed by atoms with Gasteiger partial charge in [0.1, 0.15) is 5.82 Å².